The van der Waals surface area contributed by atoms with Crippen molar-refractivity contribution < 1.29 is 23.2 Å². The molecule has 1 N–H and O–H groups in total. The number of nitrogens with one attached hydrogen (secondary N) is 1. The number of ether oxygens (including phenoxy) is 1. The summed E-state index contributed by atoms with van der Waals surface area (Å²) in [7, 11) is 1.40. The molecule has 0 bridgehead atoms. The third kappa shape index (κ3) is 3.78. The first-order chi connectivity index (χ1) is 14.2. The van der Waals surface area contributed by atoms with Gasteiger partial charge in [-0.3, -0.25) is 9.63 Å². The van der Waals surface area contributed by atoms with Crippen LogP contribution in [0.15, 0.2) is 59.3 Å². The van der Waals surface area contributed by atoms with Gasteiger partial charge in [0.2, 0.25) is 0 Å². The van der Waals surface area contributed by atoms with Crippen molar-refractivity contribution in [3.05, 3.63) is 72.0 Å². The van der Waals surface area contributed by atoms with Crippen LogP contribution in [0.4, 0.5) is 10.2 Å². The van der Waals surface area contributed by atoms with E-state index in [1.165, 1.54) is 19.5 Å². The number of fused-ring (bicyclic) bond motifs is 1. The van der Waals surface area contributed by atoms with Crippen LogP contribution in [0.1, 0.15) is 16.1 Å². The van der Waals surface area contributed by atoms with Gasteiger partial charge in [0.25, 0.3) is 0 Å². The fourth-order valence-electron chi connectivity index (χ4n) is 2.94. The minimum Gasteiger partial charge on any atom is -0.493 e. The van der Waals surface area contributed by atoms with Gasteiger partial charge in [0.1, 0.15) is 18.7 Å². The van der Waals surface area contributed by atoms with E-state index in [1.807, 2.05) is 18.2 Å². The van der Waals surface area contributed by atoms with Crippen LogP contribution in [-0.2, 0) is 11.4 Å². The van der Waals surface area contributed by atoms with Gasteiger partial charge in [-0.05, 0) is 36.4 Å². The third-order valence-electron chi connectivity index (χ3n) is 4.31. The second-order valence-electron chi connectivity index (χ2n) is 6.10. The molecule has 2 aromatic carbocycles. The molecule has 0 amide bonds. The molecule has 2 aromatic heterocycles. The molecule has 0 unspecified atom stereocenters. The Bertz CT molecular complexity index is 1180. The number of halogens is 1. The number of aldehydes is 1. The second-order valence-corrected chi connectivity index (χ2v) is 6.10. The normalized spacial score (nSPS) is 10.8. The van der Waals surface area contributed by atoms with Crippen molar-refractivity contribution in [3.8, 4) is 17.1 Å². The molecule has 0 saturated carbocycles. The number of para-hydroxylation sites is 1. The standard InChI is InChI=1S/C21H16FN3O4/c1-27-20-14(3-2-4-17(20)22)11-28-25-21-16-9-13(5-7-18(16)23-12-24-21)19-8-6-15(10-26)29-19/h2-10,12H,11H2,1H3,(H,23,24,25). The third-order valence-corrected chi connectivity index (χ3v) is 4.31. The fourth-order valence-corrected chi connectivity index (χ4v) is 2.94. The van der Waals surface area contributed by atoms with Crippen molar-refractivity contribution in [2.75, 3.05) is 12.6 Å². The Morgan fingerprint density at radius 2 is 2.07 bits per heavy atom. The summed E-state index contributed by atoms with van der Waals surface area (Å²) in [6.07, 6.45) is 2.06. The predicted octanol–water partition coefficient (Wildman–Crippen LogP) is 4.39. The van der Waals surface area contributed by atoms with Crippen molar-refractivity contribution in [2.24, 2.45) is 0 Å². The molecule has 0 saturated heterocycles. The van der Waals surface area contributed by atoms with Crippen molar-refractivity contribution in [3.63, 3.8) is 0 Å². The van der Waals surface area contributed by atoms with Crippen LogP contribution in [0.25, 0.3) is 22.2 Å². The molecule has 0 atom stereocenters. The highest BCUT2D eigenvalue weighted by Crippen LogP contribution is 2.28. The van der Waals surface area contributed by atoms with Gasteiger partial charge >= 0.3 is 0 Å². The van der Waals surface area contributed by atoms with Gasteiger partial charge in [-0.15, -0.1) is 0 Å². The SMILES string of the molecule is COc1c(F)cccc1CONc1ncnc2ccc(-c3ccc(C=O)o3)cc12. The van der Waals surface area contributed by atoms with Crippen LogP contribution >= 0.6 is 0 Å². The molecule has 0 radical (unpaired) electrons. The quantitative estimate of drug-likeness (QED) is 0.368. The largest absolute Gasteiger partial charge is 0.493 e. The van der Waals surface area contributed by atoms with Crippen LogP contribution in [0.5, 0.6) is 5.75 Å². The molecule has 146 valence electrons. The van der Waals surface area contributed by atoms with E-state index in [0.29, 0.717) is 34.3 Å². The number of hydrogen-bond donors (Lipinski definition) is 1. The summed E-state index contributed by atoms with van der Waals surface area (Å²) in [5, 5.41) is 0.695. The van der Waals surface area contributed by atoms with Crippen molar-refractivity contribution in [1.29, 1.82) is 0 Å². The average molecular weight is 393 g/mol. The zero-order chi connectivity index (χ0) is 20.2. The highest BCUT2D eigenvalue weighted by molar-refractivity contribution is 5.91. The summed E-state index contributed by atoms with van der Waals surface area (Å²) in [4.78, 5) is 24.8. The summed E-state index contributed by atoms with van der Waals surface area (Å²) in [6.45, 7) is 0.0625. The molecule has 8 heteroatoms. The molecule has 0 aliphatic carbocycles. The van der Waals surface area contributed by atoms with Crippen LogP contribution in [0, 0.1) is 5.82 Å². The molecule has 4 aromatic rings. The number of anilines is 1. The molecule has 0 aliphatic rings. The van der Waals surface area contributed by atoms with Crippen molar-refractivity contribution in [1.82, 2.24) is 9.97 Å². The summed E-state index contributed by atoms with van der Waals surface area (Å²) < 4.78 is 24.3. The predicted molar refractivity (Wildman–Crippen MR) is 104 cm³/mol. The number of methoxy groups -OCH3 is 1. The van der Waals surface area contributed by atoms with Crippen molar-refractivity contribution in [2.45, 2.75) is 6.61 Å². The maximum Gasteiger partial charge on any atom is 0.185 e. The number of nitrogens with zero attached hydrogens (tertiary/aromatic N) is 2. The number of benzene rings is 2. The number of aromatic nitrogens is 2. The molecule has 0 fully saturated rings. The molecule has 0 aliphatic heterocycles. The summed E-state index contributed by atoms with van der Waals surface area (Å²) in [6, 6.07) is 13.4. The first-order valence-corrected chi connectivity index (χ1v) is 8.69. The summed E-state index contributed by atoms with van der Waals surface area (Å²) >= 11 is 0. The molecular formula is C21H16FN3O4. The maximum absolute atomic E-state index is 13.8. The Morgan fingerprint density at radius 1 is 1.17 bits per heavy atom. The van der Waals surface area contributed by atoms with E-state index in [-0.39, 0.29) is 18.1 Å². The van der Waals surface area contributed by atoms with E-state index in [0.717, 1.165) is 5.56 Å². The lowest BCUT2D eigenvalue weighted by Gasteiger charge is -2.12. The average Bonchev–Trinajstić information content (AvgIpc) is 3.23. The fraction of sp³-hybridized carbons (Fsp3) is 0.0952. The zero-order valence-corrected chi connectivity index (χ0v) is 15.4. The van der Waals surface area contributed by atoms with E-state index >= 15 is 0 Å². The van der Waals surface area contributed by atoms with E-state index < -0.39 is 5.82 Å². The number of hydrogen-bond acceptors (Lipinski definition) is 7. The molecule has 4 rings (SSSR count). The molecular weight excluding hydrogens is 377 g/mol. The first-order valence-electron chi connectivity index (χ1n) is 8.69. The minimum atomic E-state index is -0.459. The van der Waals surface area contributed by atoms with Crippen LogP contribution in [0.3, 0.4) is 0 Å². The summed E-state index contributed by atoms with van der Waals surface area (Å²) in [5.41, 5.74) is 4.79. The lowest BCUT2D eigenvalue weighted by Crippen LogP contribution is -2.06. The van der Waals surface area contributed by atoms with Gasteiger partial charge in [-0.25, -0.2) is 19.8 Å². The topological polar surface area (TPSA) is 86.5 Å². The van der Waals surface area contributed by atoms with Gasteiger partial charge in [0.15, 0.2) is 29.4 Å². The number of carbonyl (C=O) groups is 1. The smallest absolute Gasteiger partial charge is 0.185 e. The van der Waals surface area contributed by atoms with Gasteiger partial charge in [-0.2, -0.15) is 0 Å². The molecule has 0 spiro atoms. The number of carbonyl (C=O) groups excluding carboxylic acids is 1. The van der Waals surface area contributed by atoms with Gasteiger partial charge in [0.05, 0.1) is 12.6 Å². The highest BCUT2D eigenvalue weighted by atomic mass is 19.1. The van der Waals surface area contributed by atoms with Gasteiger partial charge in [-0.1, -0.05) is 12.1 Å². The molecule has 29 heavy (non-hydrogen) atoms. The first kappa shape index (κ1) is 18.6. The van der Waals surface area contributed by atoms with Crippen LogP contribution in [0.2, 0.25) is 0 Å². The Kier molecular flexibility index (Phi) is 5.17. The zero-order valence-electron chi connectivity index (χ0n) is 15.4. The minimum absolute atomic E-state index is 0.0625. The Hall–Kier alpha value is -3.78. The Labute approximate surface area is 165 Å². The highest BCUT2D eigenvalue weighted by Gasteiger charge is 2.11. The maximum atomic E-state index is 13.8. The lowest BCUT2D eigenvalue weighted by molar-refractivity contribution is 0.110. The second kappa shape index (κ2) is 8.07. The van der Waals surface area contributed by atoms with E-state index in [9.17, 15) is 9.18 Å². The van der Waals surface area contributed by atoms with E-state index in [2.05, 4.69) is 15.4 Å². The van der Waals surface area contributed by atoms with Gasteiger partial charge < -0.3 is 9.15 Å². The van der Waals surface area contributed by atoms with Crippen LogP contribution in [-0.4, -0.2) is 23.4 Å². The van der Waals surface area contributed by atoms with Crippen molar-refractivity contribution >= 4 is 23.0 Å². The molecule has 2 heterocycles. The van der Waals surface area contributed by atoms with Crippen LogP contribution < -0.4 is 10.2 Å². The van der Waals surface area contributed by atoms with E-state index in [1.54, 1.807) is 24.3 Å². The summed E-state index contributed by atoms with van der Waals surface area (Å²) in [5.74, 6) is 0.908. The Morgan fingerprint density at radius 3 is 2.86 bits per heavy atom. The molecule has 7 nitrogen and oxygen atoms in total. The number of rotatable bonds is 7. The number of furan rings is 1. The lowest BCUT2D eigenvalue weighted by atomic mass is 10.1. The Balaban J connectivity index is 1.58. The van der Waals surface area contributed by atoms with E-state index in [4.69, 9.17) is 14.0 Å². The monoisotopic (exact) mass is 393 g/mol. The van der Waals surface area contributed by atoms with Gasteiger partial charge in [0, 0.05) is 16.5 Å².